The summed E-state index contributed by atoms with van der Waals surface area (Å²) >= 11 is 0. The molecule has 0 radical (unpaired) electrons. The van der Waals surface area contributed by atoms with Crippen LogP contribution in [0.5, 0.6) is 0 Å². The summed E-state index contributed by atoms with van der Waals surface area (Å²) in [6.07, 6.45) is 6.24. The van der Waals surface area contributed by atoms with Crippen molar-refractivity contribution in [3.8, 4) is 11.6 Å². The van der Waals surface area contributed by atoms with Crippen LogP contribution in [0.3, 0.4) is 0 Å². The van der Waals surface area contributed by atoms with Crippen LogP contribution in [0, 0.1) is 0 Å². The van der Waals surface area contributed by atoms with Gasteiger partial charge in [-0.15, -0.1) is 0 Å². The highest BCUT2D eigenvalue weighted by Gasteiger charge is 2.10. The lowest BCUT2D eigenvalue weighted by Crippen LogP contribution is -2.30. The van der Waals surface area contributed by atoms with Crippen LogP contribution in [-0.2, 0) is 6.42 Å². The van der Waals surface area contributed by atoms with Gasteiger partial charge in [0.2, 0.25) is 5.89 Å². The van der Waals surface area contributed by atoms with E-state index >= 15 is 0 Å². The van der Waals surface area contributed by atoms with Gasteiger partial charge in [0.15, 0.2) is 5.58 Å². The number of aromatic nitrogens is 4. The third kappa shape index (κ3) is 3.70. The van der Waals surface area contributed by atoms with Crippen LogP contribution in [0.15, 0.2) is 77.6 Å². The van der Waals surface area contributed by atoms with Crippen LogP contribution in [0.4, 0.5) is 10.5 Å². The number of nitrogens with zero attached hydrogens (tertiary/aromatic N) is 4. The number of anilines is 1. The average Bonchev–Trinajstić information content (AvgIpc) is 3.37. The third-order valence-electron chi connectivity index (χ3n) is 4.61. The van der Waals surface area contributed by atoms with Crippen molar-refractivity contribution in [3.63, 3.8) is 0 Å². The van der Waals surface area contributed by atoms with E-state index in [0.717, 1.165) is 11.3 Å². The molecule has 4 aromatic heterocycles. The van der Waals surface area contributed by atoms with E-state index in [0.29, 0.717) is 41.3 Å². The largest absolute Gasteiger partial charge is 0.435 e. The number of amides is 2. The molecule has 0 aliphatic rings. The normalized spacial score (nSPS) is 11.1. The van der Waals surface area contributed by atoms with E-state index in [-0.39, 0.29) is 6.03 Å². The second-order valence-electron chi connectivity index (χ2n) is 6.75. The number of hydrogen-bond acceptors (Lipinski definition) is 5. The SMILES string of the molecule is O=C(NCCc1cn2ccccc2n1)Nc1ccc2nc(-c3ccccn3)oc2c1. The van der Waals surface area contributed by atoms with Gasteiger partial charge < -0.3 is 19.5 Å². The zero-order valence-electron chi connectivity index (χ0n) is 15.9. The molecule has 5 rings (SSSR count). The van der Waals surface area contributed by atoms with Gasteiger partial charge in [0.25, 0.3) is 0 Å². The predicted octanol–water partition coefficient (Wildman–Crippen LogP) is 3.90. The molecule has 0 bridgehead atoms. The topological polar surface area (TPSA) is 97.4 Å². The minimum absolute atomic E-state index is 0.289. The zero-order chi connectivity index (χ0) is 20.3. The van der Waals surface area contributed by atoms with E-state index in [9.17, 15) is 4.79 Å². The second kappa shape index (κ2) is 7.67. The summed E-state index contributed by atoms with van der Waals surface area (Å²) in [5.74, 6) is 0.444. The summed E-state index contributed by atoms with van der Waals surface area (Å²) in [4.78, 5) is 25.4. The third-order valence-corrected chi connectivity index (χ3v) is 4.61. The van der Waals surface area contributed by atoms with Gasteiger partial charge in [0.05, 0.1) is 5.69 Å². The van der Waals surface area contributed by atoms with Crippen molar-refractivity contribution in [3.05, 3.63) is 78.9 Å². The Kier molecular flexibility index (Phi) is 4.57. The van der Waals surface area contributed by atoms with Gasteiger partial charge in [-0.25, -0.2) is 14.8 Å². The van der Waals surface area contributed by atoms with E-state index in [1.807, 2.05) is 53.2 Å². The number of benzene rings is 1. The quantitative estimate of drug-likeness (QED) is 0.468. The molecule has 0 fully saturated rings. The molecule has 8 nitrogen and oxygen atoms in total. The number of hydrogen-bond donors (Lipinski definition) is 2. The van der Waals surface area contributed by atoms with Gasteiger partial charge in [-0.2, -0.15) is 0 Å². The lowest BCUT2D eigenvalue weighted by atomic mass is 10.3. The highest BCUT2D eigenvalue weighted by Crippen LogP contribution is 2.25. The highest BCUT2D eigenvalue weighted by atomic mass is 16.3. The molecule has 0 saturated carbocycles. The zero-order valence-corrected chi connectivity index (χ0v) is 15.9. The number of nitrogens with one attached hydrogen (secondary N) is 2. The van der Waals surface area contributed by atoms with E-state index in [4.69, 9.17) is 4.42 Å². The van der Waals surface area contributed by atoms with Crippen LogP contribution < -0.4 is 10.6 Å². The first-order chi connectivity index (χ1) is 14.7. The Labute approximate surface area is 171 Å². The van der Waals surface area contributed by atoms with E-state index < -0.39 is 0 Å². The molecule has 0 atom stereocenters. The van der Waals surface area contributed by atoms with Gasteiger partial charge in [-0.3, -0.25) is 4.98 Å². The summed E-state index contributed by atoms with van der Waals surface area (Å²) in [5.41, 5.74) is 4.38. The summed E-state index contributed by atoms with van der Waals surface area (Å²) in [6.45, 7) is 0.476. The standard InChI is InChI=1S/C22H18N6O2/c29-22(24-11-9-16-14-28-12-4-2-6-20(28)25-16)26-15-7-8-17-19(13-15)30-21(27-17)18-5-1-3-10-23-18/h1-8,10,12-14H,9,11H2,(H2,24,26,29). The maximum atomic E-state index is 12.2. The summed E-state index contributed by atoms with van der Waals surface area (Å²) in [6, 6.07) is 16.4. The van der Waals surface area contributed by atoms with Crippen molar-refractivity contribution in [2.75, 3.05) is 11.9 Å². The van der Waals surface area contributed by atoms with Crippen molar-refractivity contribution in [2.45, 2.75) is 6.42 Å². The molecule has 0 unspecified atom stereocenters. The first kappa shape index (κ1) is 17.9. The Bertz CT molecular complexity index is 1290. The maximum absolute atomic E-state index is 12.2. The van der Waals surface area contributed by atoms with Crippen molar-refractivity contribution in [2.24, 2.45) is 0 Å². The van der Waals surface area contributed by atoms with E-state index in [1.54, 1.807) is 24.4 Å². The molecule has 8 heteroatoms. The number of carbonyl (C=O) groups excluding carboxylic acids is 1. The van der Waals surface area contributed by atoms with E-state index in [1.165, 1.54) is 0 Å². The van der Waals surface area contributed by atoms with Gasteiger partial charge in [0, 0.05) is 43.3 Å². The van der Waals surface area contributed by atoms with Crippen LogP contribution in [0.1, 0.15) is 5.69 Å². The van der Waals surface area contributed by atoms with E-state index in [2.05, 4.69) is 25.6 Å². The van der Waals surface area contributed by atoms with Gasteiger partial charge in [-0.05, 0) is 36.4 Å². The number of fused-ring (bicyclic) bond motifs is 2. The van der Waals surface area contributed by atoms with Crippen molar-refractivity contribution < 1.29 is 9.21 Å². The lowest BCUT2D eigenvalue weighted by Gasteiger charge is -2.06. The number of carbonyl (C=O) groups is 1. The monoisotopic (exact) mass is 398 g/mol. The number of urea groups is 1. The number of pyridine rings is 2. The second-order valence-corrected chi connectivity index (χ2v) is 6.75. The molecule has 148 valence electrons. The first-order valence-corrected chi connectivity index (χ1v) is 9.54. The first-order valence-electron chi connectivity index (χ1n) is 9.54. The number of rotatable bonds is 5. The van der Waals surface area contributed by atoms with Gasteiger partial charge in [0.1, 0.15) is 16.9 Å². The lowest BCUT2D eigenvalue weighted by molar-refractivity contribution is 0.252. The van der Waals surface area contributed by atoms with Crippen LogP contribution in [0.25, 0.3) is 28.3 Å². The highest BCUT2D eigenvalue weighted by molar-refractivity contribution is 5.91. The molecule has 30 heavy (non-hydrogen) atoms. The maximum Gasteiger partial charge on any atom is 0.319 e. The van der Waals surface area contributed by atoms with Crippen LogP contribution in [-0.4, -0.2) is 31.9 Å². The molecular formula is C22H18N6O2. The average molecular weight is 398 g/mol. The molecule has 2 amide bonds. The fourth-order valence-corrected chi connectivity index (χ4v) is 3.19. The van der Waals surface area contributed by atoms with Gasteiger partial charge in [-0.1, -0.05) is 12.1 Å². The summed E-state index contributed by atoms with van der Waals surface area (Å²) < 4.78 is 7.75. The predicted molar refractivity (Wildman–Crippen MR) is 113 cm³/mol. The molecule has 0 spiro atoms. The Morgan fingerprint density at radius 2 is 2.00 bits per heavy atom. The fourth-order valence-electron chi connectivity index (χ4n) is 3.19. The molecule has 5 aromatic rings. The smallest absolute Gasteiger partial charge is 0.319 e. The molecule has 4 heterocycles. The molecule has 2 N–H and O–H groups in total. The Hall–Kier alpha value is -4.20. The molecule has 0 aliphatic carbocycles. The van der Waals surface area contributed by atoms with Crippen molar-refractivity contribution >= 4 is 28.5 Å². The number of imidazole rings is 1. The Morgan fingerprint density at radius 1 is 1.07 bits per heavy atom. The fraction of sp³-hybridized carbons (Fsp3) is 0.0909. The summed E-state index contributed by atoms with van der Waals surface area (Å²) in [5, 5.41) is 5.66. The van der Waals surface area contributed by atoms with Crippen LogP contribution in [0.2, 0.25) is 0 Å². The number of oxazole rings is 1. The Balaban J connectivity index is 1.21. The molecule has 1 aromatic carbocycles. The van der Waals surface area contributed by atoms with Crippen LogP contribution >= 0.6 is 0 Å². The minimum Gasteiger partial charge on any atom is -0.435 e. The summed E-state index contributed by atoms with van der Waals surface area (Å²) in [7, 11) is 0. The van der Waals surface area contributed by atoms with Crippen molar-refractivity contribution in [1.29, 1.82) is 0 Å². The molecular weight excluding hydrogens is 380 g/mol. The van der Waals surface area contributed by atoms with Gasteiger partial charge >= 0.3 is 6.03 Å². The molecule has 0 saturated heterocycles. The molecule has 0 aliphatic heterocycles. The minimum atomic E-state index is -0.289. The van der Waals surface area contributed by atoms with Crippen molar-refractivity contribution in [1.82, 2.24) is 24.7 Å². The Morgan fingerprint density at radius 3 is 2.87 bits per heavy atom.